The van der Waals surface area contributed by atoms with Crippen LogP contribution in [0.4, 0.5) is 0 Å². The van der Waals surface area contributed by atoms with Crippen LogP contribution in [0, 0.1) is 16.7 Å². The molecule has 0 unspecified atom stereocenters. The van der Waals surface area contributed by atoms with Gasteiger partial charge in [-0.15, -0.1) is 0 Å². The Labute approximate surface area is 240 Å². The summed E-state index contributed by atoms with van der Waals surface area (Å²) in [7, 11) is 4.43. The lowest BCUT2D eigenvalue weighted by Crippen LogP contribution is -2.60. The minimum absolute atomic E-state index is 0.0841. The maximum absolute atomic E-state index is 14.0. The van der Waals surface area contributed by atoms with Crippen LogP contribution in [-0.2, 0) is 36.9 Å². The highest BCUT2D eigenvalue weighted by molar-refractivity contribution is 5.92. The number of methoxy groups -OCH3 is 3. The second-order valence-corrected chi connectivity index (χ2v) is 11.7. The minimum atomic E-state index is -1.27. The van der Waals surface area contributed by atoms with Crippen molar-refractivity contribution in [3.8, 4) is 11.5 Å². The highest BCUT2D eigenvalue weighted by atomic mass is 16.5. The highest BCUT2D eigenvalue weighted by Gasteiger charge is 2.60. The van der Waals surface area contributed by atoms with Crippen LogP contribution in [0.25, 0.3) is 0 Å². The van der Waals surface area contributed by atoms with Crippen molar-refractivity contribution >= 4 is 17.8 Å². The average Bonchev–Trinajstić information content (AvgIpc) is 3.46. The molecule has 0 saturated carbocycles. The molecule has 0 radical (unpaired) electrons. The van der Waals surface area contributed by atoms with Crippen LogP contribution in [0.15, 0.2) is 52.8 Å². The van der Waals surface area contributed by atoms with Crippen molar-refractivity contribution < 1.29 is 37.7 Å². The number of rotatable bonds is 9. The van der Waals surface area contributed by atoms with Gasteiger partial charge in [0, 0.05) is 24.6 Å². The predicted octanol–water partition coefficient (Wildman–Crippen LogP) is 4.23. The Morgan fingerprint density at radius 1 is 1.12 bits per heavy atom. The minimum Gasteiger partial charge on any atom is -0.493 e. The normalized spacial score (nSPS) is 24.3. The van der Waals surface area contributed by atoms with Crippen molar-refractivity contribution in [3.05, 3.63) is 59.7 Å². The summed E-state index contributed by atoms with van der Waals surface area (Å²) in [4.78, 5) is 42.4. The van der Waals surface area contributed by atoms with E-state index >= 15 is 0 Å². The molecule has 222 valence electrons. The summed E-state index contributed by atoms with van der Waals surface area (Å²) in [5.41, 5.74) is -0.217. The second kappa shape index (κ2) is 12.0. The molecular formula is C31H40N2O8. The number of likely N-dealkylation sites (tertiary alicyclic amines) is 1. The van der Waals surface area contributed by atoms with E-state index in [0.29, 0.717) is 23.0 Å². The lowest BCUT2D eigenvalue weighted by Gasteiger charge is -2.52. The monoisotopic (exact) mass is 568 g/mol. The molecule has 2 amide bonds. The zero-order chi connectivity index (χ0) is 29.9. The van der Waals surface area contributed by atoms with Gasteiger partial charge in [0.2, 0.25) is 11.8 Å². The van der Waals surface area contributed by atoms with Gasteiger partial charge < -0.3 is 33.6 Å². The fraction of sp³-hybridized carbons (Fsp3) is 0.516. The van der Waals surface area contributed by atoms with Crippen molar-refractivity contribution in [1.29, 1.82) is 0 Å². The fourth-order valence-corrected chi connectivity index (χ4v) is 5.65. The number of nitrogens with zero attached hydrogens (tertiary/aromatic N) is 1. The zero-order valence-electron chi connectivity index (χ0n) is 24.8. The number of benzene rings is 1. The molecule has 2 aromatic rings. The summed E-state index contributed by atoms with van der Waals surface area (Å²) in [6.07, 6.45) is 2.42. The van der Waals surface area contributed by atoms with Gasteiger partial charge in [0.15, 0.2) is 11.5 Å². The first-order valence-corrected chi connectivity index (χ1v) is 13.7. The number of hydrogen-bond acceptors (Lipinski definition) is 8. The molecule has 10 nitrogen and oxygen atoms in total. The van der Waals surface area contributed by atoms with E-state index in [1.165, 1.54) is 13.4 Å². The summed E-state index contributed by atoms with van der Waals surface area (Å²) in [6, 6.07) is 8.90. The van der Waals surface area contributed by atoms with Gasteiger partial charge in [0.1, 0.15) is 11.2 Å². The number of carbonyl (C=O) groups is 3. The fourth-order valence-electron chi connectivity index (χ4n) is 5.65. The van der Waals surface area contributed by atoms with Crippen LogP contribution in [0.1, 0.15) is 51.9 Å². The van der Waals surface area contributed by atoms with E-state index in [1.54, 1.807) is 43.4 Å². The van der Waals surface area contributed by atoms with Crippen LogP contribution in [0.3, 0.4) is 0 Å². The number of furan rings is 1. The van der Waals surface area contributed by atoms with Crippen molar-refractivity contribution in [2.24, 2.45) is 16.7 Å². The van der Waals surface area contributed by atoms with Gasteiger partial charge >= 0.3 is 5.97 Å². The van der Waals surface area contributed by atoms with Gasteiger partial charge in [-0.1, -0.05) is 26.8 Å². The van der Waals surface area contributed by atoms with E-state index in [1.807, 2.05) is 39.8 Å². The smallest absolute Gasteiger partial charge is 0.320 e. The third-order valence-corrected chi connectivity index (χ3v) is 7.95. The average molecular weight is 569 g/mol. The molecule has 10 heteroatoms. The lowest BCUT2D eigenvalue weighted by molar-refractivity contribution is -0.180. The molecule has 1 fully saturated rings. The maximum atomic E-state index is 14.0. The number of piperidine rings is 1. The van der Waals surface area contributed by atoms with Crippen molar-refractivity contribution in [1.82, 2.24) is 10.2 Å². The molecule has 1 aromatic carbocycles. The Morgan fingerprint density at radius 2 is 1.85 bits per heavy atom. The zero-order valence-corrected chi connectivity index (χ0v) is 24.8. The number of fused-ring (bicyclic) bond motifs is 1. The number of carbonyl (C=O) groups excluding carboxylic acids is 3. The van der Waals surface area contributed by atoms with Crippen molar-refractivity contribution in [2.45, 2.75) is 65.8 Å². The van der Waals surface area contributed by atoms with Crippen LogP contribution >= 0.6 is 0 Å². The Hall–Kier alpha value is -3.79. The van der Waals surface area contributed by atoms with Crippen LogP contribution in [-0.4, -0.2) is 56.2 Å². The van der Waals surface area contributed by atoms with E-state index < -0.39 is 23.4 Å². The first-order chi connectivity index (χ1) is 19.4. The van der Waals surface area contributed by atoms with Gasteiger partial charge in [-0.25, -0.2) is 0 Å². The standard InChI is InChI=1S/C31H40N2O8/c1-19-31(29(36)39-7)16-21(14-27(34)32-17-20-10-11-23(37-5)24(13-20)38-6)28(35)33(18-22-9-8-12-40-22)25(31)15-26(41-19)30(2,3)4/h8-13,15,19,21,26H,14,16-18H2,1-7H3,(H,32,34)/t19-,21+,26-,31+/m1/s1. The van der Waals surface area contributed by atoms with Crippen molar-refractivity contribution in [2.75, 3.05) is 21.3 Å². The summed E-state index contributed by atoms with van der Waals surface area (Å²) in [6.45, 7) is 8.30. The molecule has 4 atom stereocenters. The van der Waals surface area contributed by atoms with E-state index in [0.717, 1.165) is 5.56 Å². The number of hydrogen-bond donors (Lipinski definition) is 1. The van der Waals surface area contributed by atoms with Crippen molar-refractivity contribution in [3.63, 3.8) is 0 Å². The largest absolute Gasteiger partial charge is 0.493 e. The number of esters is 1. The number of ether oxygens (including phenoxy) is 4. The summed E-state index contributed by atoms with van der Waals surface area (Å²) in [5.74, 6) is -0.171. The molecule has 0 spiro atoms. The molecule has 1 N–H and O–H groups in total. The van der Waals surface area contributed by atoms with Gasteiger partial charge in [-0.05, 0) is 54.7 Å². The summed E-state index contributed by atoms with van der Waals surface area (Å²) < 4.78 is 27.9. The summed E-state index contributed by atoms with van der Waals surface area (Å²) in [5, 5.41) is 2.90. The Morgan fingerprint density at radius 3 is 2.46 bits per heavy atom. The lowest BCUT2D eigenvalue weighted by atomic mass is 9.65. The van der Waals surface area contributed by atoms with Crippen LogP contribution in [0.2, 0.25) is 0 Å². The first-order valence-electron chi connectivity index (χ1n) is 13.7. The second-order valence-electron chi connectivity index (χ2n) is 11.7. The molecule has 41 heavy (non-hydrogen) atoms. The molecule has 0 aliphatic carbocycles. The molecule has 2 aliphatic rings. The third-order valence-electron chi connectivity index (χ3n) is 7.95. The van der Waals surface area contributed by atoms with E-state index in [9.17, 15) is 14.4 Å². The molecule has 3 heterocycles. The highest BCUT2D eigenvalue weighted by Crippen LogP contribution is 2.52. The SMILES string of the molecule is COC(=O)[C@]12C[C@H](CC(=O)NCc3ccc(OC)c(OC)c3)C(=O)N(Cc3ccco3)C1=C[C@H](C(C)(C)C)O[C@@H]2C. The van der Waals surface area contributed by atoms with Crippen LogP contribution < -0.4 is 14.8 Å². The number of nitrogens with one attached hydrogen (secondary N) is 1. The molecule has 0 bridgehead atoms. The summed E-state index contributed by atoms with van der Waals surface area (Å²) >= 11 is 0. The Kier molecular flexibility index (Phi) is 8.82. The third kappa shape index (κ3) is 5.98. The van der Waals surface area contributed by atoms with E-state index in [4.69, 9.17) is 23.4 Å². The molecule has 1 saturated heterocycles. The van der Waals surface area contributed by atoms with Gasteiger partial charge in [-0.2, -0.15) is 0 Å². The van der Waals surface area contributed by atoms with E-state index in [2.05, 4.69) is 5.32 Å². The topological polar surface area (TPSA) is 117 Å². The maximum Gasteiger partial charge on any atom is 0.320 e. The van der Waals surface area contributed by atoms with Gasteiger partial charge in [-0.3, -0.25) is 14.4 Å². The van der Waals surface area contributed by atoms with Crippen LogP contribution in [0.5, 0.6) is 11.5 Å². The quantitative estimate of drug-likeness (QED) is 0.447. The van der Waals surface area contributed by atoms with Gasteiger partial charge in [0.05, 0.1) is 46.3 Å². The molecule has 1 aromatic heterocycles. The number of amides is 2. The van der Waals surface area contributed by atoms with Gasteiger partial charge in [0.25, 0.3) is 0 Å². The first kappa shape index (κ1) is 30.2. The Bertz CT molecular complexity index is 1300. The molecule has 2 aliphatic heterocycles. The predicted molar refractivity (Wildman–Crippen MR) is 150 cm³/mol. The molecule has 4 rings (SSSR count). The Balaban J connectivity index is 1.64. The molecular weight excluding hydrogens is 528 g/mol. The van der Waals surface area contributed by atoms with E-state index in [-0.39, 0.29) is 49.3 Å².